The Kier molecular flexibility index (Phi) is 6.30. The first kappa shape index (κ1) is 22.1. The maximum Gasteiger partial charge on any atom is 0.250 e. The van der Waals surface area contributed by atoms with E-state index in [1.165, 1.54) is 16.7 Å². The average Bonchev–Trinajstić information content (AvgIpc) is 3.24. The number of hydrogen-bond donors (Lipinski definition) is 0. The van der Waals surface area contributed by atoms with Crippen LogP contribution in [-0.2, 0) is 6.42 Å². The van der Waals surface area contributed by atoms with Crippen molar-refractivity contribution in [2.75, 3.05) is 0 Å². The van der Waals surface area contributed by atoms with E-state index in [4.69, 9.17) is 4.43 Å². The lowest BCUT2D eigenvalue weighted by molar-refractivity contribution is 0.476. The molecule has 0 N–H and O–H groups in total. The lowest BCUT2D eigenvalue weighted by Gasteiger charge is -2.38. The monoisotopic (exact) mass is 388 g/mol. The standard InChI is InChI=1S/C23H40N2OSi/c1-16(2)19-14-18(12-11-13-23(8)24-25-23)15-20(17(3)4)21(19)26-27(9,10)22(5,6)7/h14-17H,11-13H2,1-10H3. The second kappa shape index (κ2) is 7.69. The molecule has 0 amide bonds. The highest BCUT2D eigenvalue weighted by Gasteiger charge is 2.40. The molecule has 4 heteroatoms. The summed E-state index contributed by atoms with van der Waals surface area (Å²) in [4.78, 5) is 0. The Balaban J connectivity index is 2.36. The minimum atomic E-state index is -1.88. The number of hydrogen-bond acceptors (Lipinski definition) is 3. The Bertz CT molecular complexity index is 664. The molecule has 0 unspecified atom stereocenters. The van der Waals surface area contributed by atoms with Crippen LogP contribution < -0.4 is 4.43 Å². The molecular weight excluding hydrogens is 348 g/mol. The highest BCUT2D eigenvalue weighted by Crippen LogP contribution is 2.43. The summed E-state index contributed by atoms with van der Waals surface area (Å²) in [6.45, 7) is 22.9. The Hall–Kier alpha value is -1.16. The van der Waals surface area contributed by atoms with Crippen molar-refractivity contribution in [2.24, 2.45) is 10.2 Å². The topological polar surface area (TPSA) is 34.0 Å². The number of benzene rings is 1. The van der Waals surface area contributed by atoms with Gasteiger partial charge in [0, 0.05) is 0 Å². The smallest absolute Gasteiger partial charge is 0.250 e. The van der Waals surface area contributed by atoms with Gasteiger partial charge in [-0.05, 0) is 72.8 Å². The Morgan fingerprint density at radius 3 is 1.85 bits per heavy atom. The Labute approximate surface area is 168 Å². The van der Waals surface area contributed by atoms with Gasteiger partial charge in [-0.25, -0.2) is 0 Å². The van der Waals surface area contributed by atoms with Gasteiger partial charge in [0.15, 0.2) is 5.66 Å². The van der Waals surface area contributed by atoms with E-state index in [0.717, 1.165) is 25.0 Å². The predicted molar refractivity (Wildman–Crippen MR) is 119 cm³/mol. The molecule has 0 aliphatic carbocycles. The van der Waals surface area contributed by atoms with E-state index in [1.54, 1.807) is 0 Å². The summed E-state index contributed by atoms with van der Waals surface area (Å²) in [5.74, 6) is 2.07. The third kappa shape index (κ3) is 5.43. The summed E-state index contributed by atoms with van der Waals surface area (Å²) in [5.41, 5.74) is 4.07. The van der Waals surface area contributed by atoms with Crippen molar-refractivity contribution in [3.63, 3.8) is 0 Å². The van der Waals surface area contributed by atoms with Gasteiger partial charge in [-0.1, -0.05) is 60.6 Å². The van der Waals surface area contributed by atoms with Crippen LogP contribution in [0.15, 0.2) is 22.4 Å². The minimum Gasteiger partial charge on any atom is -0.543 e. The van der Waals surface area contributed by atoms with Crippen LogP contribution in [-0.4, -0.2) is 14.0 Å². The summed E-state index contributed by atoms with van der Waals surface area (Å²) in [7, 11) is -1.88. The summed E-state index contributed by atoms with van der Waals surface area (Å²) >= 11 is 0. The fraction of sp³-hybridized carbons (Fsp3) is 0.739. The van der Waals surface area contributed by atoms with Gasteiger partial charge in [-0.2, -0.15) is 10.2 Å². The summed E-state index contributed by atoms with van der Waals surface area (Å²) < 4.78 is 6.88. The van der Waals surface area contributed by atoms with Crippen LogP contribution >= 0.6 is 0 Å². The summed E-state index contributed by atoms with van der Waals surface area (Å²) in [5, 5.41) is 8.48. The molecule has 1 aromatic carbocycles. The van der Waals surface area contributed by atoms with Crippen LogP contribution in [0.1, 0.15) is 96.8 Å². The number of rotatable bonds is 8. The molecule has 0 saturated carbocycles. The van der Waals surface area contributed by atoms with Crippen molar-refractivity contribution in [1.29, 1.82) is 0 Å². The van der Waals surface area contributed by atoms with Crippen LogP contribution in [0.4, 0.5) is 0 Å². The molecule has 1 aromatic rings. The van der Waals surface area contributed by atoms with Crippen molar-refractivity contribution in [1.82, 2.24) is 0 Å². The van der Waals surface area contributed by atoms with E-state index in [0.29, 0.717) is 11.8 Å². The van der Waals surface area contributed by atoms with Gasteiger partial charge in [0.25, 0.3) is 8.32 Å². The van der Waals surface area contributed by atoms with E-state index >= 15 is 0 Å². The predicted octanol–water partition coefficient (Wildman–Crippen LogP) is 7.82. The molecule has 1 heterocycles. The first-order valence-electron chi connectivity index (χ1n) is 10.6. The zero-order valence-corrected chi connectivity index (χ0v) is 20.2. The van der Waals surface area contributed by atoms with Crippen molar-refractivity contribution >= 4 is 8.32 Å². The number of nitrogens with zero attached hydrogens (tertiary/aromatic N) is 2. The third-order valence-electron chi connectivity index (χ3n) is 6.17. The highest BCUT2D eigenvalue weighted by molar-refractivity contribution is 6.74. The van der Waals surface area contributed by atoms with E-state index in [-0.39, 0.29) is 10.7 Å². The first-order chi connectivity index (χ1) is 12.3. The normalized spacial score (nSPS) is 16.3. The van der Waals surface area contributed by atoms with Gasteiger partial charge in [0.2, 0.25) is 0 Å². The van der Waals surface area contributed by atoms with Crippen LogP contribution in [0.25, 0.3) is 0 Å². The maximum atomic E-state index is 6.88. The Morgan fingerprint density at radius 2 is 1.48 bits per heavy atom. The molecule has 152 valence electrons. The second-order valence-corrected chi connectivity index (χ2v) is 15.3. The molecule has 2 rings (SSSR count). The molecule has 0 radical (unpaired) electrons. The van der Waals surface area contributed by atoms with Crippen molar-refractivity contribution in [3.05, 3.63) is 28.8 Å². The van der Waals surface area contributed by atoms with E-state index < -0.39 is 8.32 Å². The average molecular weight is 389 g/mol. The molecular formula is C23H40N2OSi. The fourth-order valence-corrected chi connectivity index (χ4v) is 4.13. The van der Waals surface area contributed by atoms with E-state index in [2.05, 4.69) is 90.8 Å². The van der Waals surface area contributed by atoms with Crippen LogP contribution in [0.3, 0.4) is 0 Å². The van der Waals surface area contributed by atoms with Gasteiger partial charge in [0.1, 0.15) is 5.75 Å². The molecule has 1 aliphatic heterocycles. The van der Waals surface area contributed by atoms with Crippen molar-refractivity contribution < 1.29 is 4.43 Å². The van der Waals surface area contributed by atoms with Gasteiger partial charge < -0.3 is 4.43 Å². The van der Waals surface area contributed by atoms with Crippen LogP contribution in [0.5, 0.6) is 5.75 Å². The minimum absolute atomic E-state index is 0.0901. The van der Waals surface area contributed by atoms with Gasteiger partial charge in [0.05, 0.1) is 0 Å². The van der Waals surface area contributed by atoms with Crippen molar-refractivity contribution in [2.45, 2.75) is 110 Å². The molecule has 1 aliphatic rings. The number of aryl methyl sites for hydroxylation is 1. The molecule has 0 atom stereocenters. The highest BCUT2D eigenvalue weighted by atomic mass is 28.4. The lowest BCUT2D eigenvalue weighted by atomic mass is 9.90. The zero-order chi connectivity index (χ0) is 20.6. The second-order valence-electron chi connectivity index (χ2n) is 10.5. The third-order valence-corrected chi connectivity index (χ3v) is 10.5. The zero-order valence-electron chi connectivity index (χ0n) is 19.2. The summed E-state index contributed by atoms with van der Waals surface area (Å²) in [6, 6.07) is 4.78. The van der Waals surface area contributed by atoms with Gasteiger partial charge in [-0.15, -0.1) is 0 Å². The molecule has 0 bridgehead atoms. The first-order valence-corrected chi connectivity index (χ1v) is 13.5. The molecule has 3 nitrogen and oxygen atoms in total. The van der Waals surface area contributed by atoms with Gasteiger partial charge in [-0.3, -0.25) is 0 Å². The van der Waals surface area contributed by atoms with Crippen LogP contribution in [0, 0.1) is 0 Å². The SMILES string of the molecule is CC(C)c1cc(CCCC2(C)N=N2)cc(C(C)C)c1O[Si](C)(C)C(C)(C)C. The van der Waals surface area contributed by atoms with E-state index in [9.17, 15) is 0 Å². The molecule has 27 heavy (non-hydrogen) atoms. The summed E-state index contributed by atoms with van der Waals surface area (Å²) in [6.07, 6.45) is 3.25. The van der Waals surface area contributed by atoms with Gasteiger partial charge >= 0.3 is 0 Å². The Morgan fingerprint density at radius 1 is 1.00 bits per heavy atom. The molecule has 0 spiro atoms. The van der Waals surface area contributed by atoms with E-state index in [1.807, 2.05) is 0 Å². The molecule has 0 fully saturated rings. The molecule has 0 saturated heterocycles. The van der Waals surface area contributed by atoms with Crippen molar-refractivity contribution in [3.8, 4) is 5.75 Å². The largest absolute Gasteiger partial charge is 0.543 e. The maximum absolute atomic E-state index is 6.88. The quantitative estimate of drug-likeness (QED) is 0.418. The van der Waals surface area contributed by atoms with Crippen LogP contribution in [0.2, 0.25) is 18.1 Å². The molecule has 0 aromatic heterocycles. The lowest BCUT2D eigenvalue weighted by Crippen LogP contribution is -2.44. The fourth-order valence-electron chi connectivity index (χ4n) is 3.08.